The zero-order valence-electron chi connectivity index (χ0n) is 12.0. The Balaban J connectivity index is 1.98. The van der Waals surface area contributed by atoms with Crippen molar-refractivity contribution in [1.82, 2.24) is 0 Å². The average Bonchev–Trinajstić information content (AvgIpc) is 2.50. The molecule has 22 heavy (non-hydrogen) atoms. The molecular weight excluding hydrogens is 349 g/mol. The normalized spacial score (nSPS) is 10.7. The second-order valence-electron chi connectivity index (χ2n) is 4.42. The van der Waals surface area contributed by atoms with Crippen LogP contribution < -0.4 is 10.1 Å². The Morgan fingerprint density at radius 3 is 2.64 bits per heavy atom. The molecule has 0 aliphatic carbocycles. The number of ether oxygens (including phenoxy) is 1. The molecule has 0 saturated heterocycles. The third-order valence-corrected chi connectivity index (χ3v) is 3.35. The van der Waals surface area contributed by atoms with Crippen LogP contribution in [-0.4, -0.2) is 12.4 Å². The number of hydrogen-bond acceptors (Lipinski definition) is 3. The minimum absolute atomic E-state index is 0.173. The van der Waals surface area contributed by atoms with Crippen LogP contribution in [0, 0.1) is 5.82 Å². The van der Waals surface area contributed by atoms with E-state index in [1.807, 2.05) is 6.92 Å². The molecular formula is C17H15BrFNO2. The summed E-state index contributed by atoms with van der Waals surface area (Å²) in [5.74, 6) is 0.152. The number of hydrogen-bond donors (Lipinski definition) is 1. The minimum Gasteiger partial charge on any atom is -0.494 e. The molecule has 0 bridgehead atoms. The van der Waals surface area contributed by atoms with Gasteiger partial charge in [-0.15, -0.1) is 0 Å². The summed E-state index contributed by atoms with van der Waals surface area (Å²) in [6.45, 7) is 2.48. The Hall–Kier alpha value is -2.14. The van der Waals surface area contributed by atoms with E-state index in [1.165, 1.54) is 18.3 Å². The van der Waals surface area contributed by atoms with Crippen LogP contribution in [0.15, 0.2) is 59.2 Å². The third-order valence-electron chi connectivity index (χ3n) is 2.85. The van der Waals surface area contributed by atoms with Crippen molar-refractivity contribution in [3.05, 3.63) is 70.6 Å². The lowest BCUT2D eigenvalue weighted by Crippen LogP contribution is -1.98. The van der Waals surface area contributed by atoms with Crippen LogP contribution in [0.25, 0.3) is 0 Å². The first kappa shape index (κ1) is 16.2. The summed E-state index contributed by atoms with van der Waals surface area (Å²) < 4.78 is 19.6. The first-order valence-corrected chi connectivity index (χ1v) is 7.55. The first-order valence-electron chi connectivity index (χ1n) is 6.75. The molecule has 0 saturated carbocycles. The van der Waals surface area contributed by atoms with Crippen molar-refractivity contribution < 1.29 is 13.9 Å². The van der Waals surface area contributed by atoms with Crippen LogP contribution in [0.1, 0.15) is 17.3 Å². The fourth-order valence-electron chi connectivity index (χ4n) is 1.79. The predicted molar refractivity (Wildman–Crippen MR) is 88.8 cm³/mol. The van der Waals surface area contributed by atoms with Gasteiger partial charge >= 0.3 is 0 Å². The maximum Gasteiger partial charge on any atom is 0.187 e. The highest BCUT2D eigenvalue weighted by Gasteiger charge is 2.03. The van der Waals surface area contributed by atoms with Gasteiger partial charge in [0.05, 0.1) is 12.3 Å². The molecule has 0 aromatic heterocycles. The summed E-state index contributed by atoms with van der Waals surface area (Å²) in [5.41, 5.74) is 0.844. The number of halogens is 2. The summed E-state index contributed by atoms with van der Waals surface area (Å²) in [5, 5.41) is 2.75. The van der Waals surface area contributed by atoms with E-state index in [2.05, 4.69) is 21.2 Å². The topological polar surface area (TPSA) is 38.3 Å². The van der Waals surface area contributed by atoms with E-state index >= 15 is 0 Å². The van der Waals surface area contributed by atoms with Crippen molar-refractivity contribution in [3.63, 3.8) is 0 Å². The zero-order chi connectivity index (χ0) is 15.9. The lowest BCUT2D eigenvalue weighted by atomic mass is 10.1. The van der Waals surface area contributed by atoms with Gasteiger partial charge in [0.25, 0.3) is 0 Å². The largest absolute Gasteiger partial charge is 0.494 e. The maximum atomic E-state index is 13.6. The van der Waals surface area contributed by atoms with Crippen LogP contribution in [0.5, 0.6) is 5.75 Å². The number of allylic oxidation sites excluding steroid dienone is 1. The van der Waals surface area contributed by atoms with Gasteiger partial charge in [-0.05, 0) is 49.4 Å². The van der Waals surface area contributed by atoms with Gasteiger partial charge in [0.2, 0.25) is 0 Å². The summed E-state index contributed by atoms with van der Waals surface area (Å²) in [4.78, 5) is 12.0. The molecule has 0 spiro atoms. The first-order chi connectivity index (χ1) is 10.6. The van der Waals surface area contributed by atoms with E-state index in [0.29, 0.717) is 22.3 Å². The van der Waals surface area contributed by atoms with Crippen LogP contribution >= 0.6 is 15.9 Å². The quantitative estimate of drug-likeness (QED) is 0.591. The molecule has 0 heterocycles. The summed E-state index contributed by atoms with van der Waals surface area (Å²) >= 11 is 3.18. The van der Waals surface area contributed by atoms with Crippen LogP contribution in [0.3, 0.4) is 0 Å². The van der Waals surface area contributed by atoms with Crippen molar-refractivity contribution in [2.45, 2.75) is 6.92 Å². The van der Waals surface area contributed by atoms with E-state index in [-0.39, 0.29) is 5.78 Å². The molecule has 0 radical (unpaired) electrons. The van der Waals surface area contributed by atoms with Crippen molar-refractivity contribution in [2.75, 3.05) is 11.9 Å². The second-order valence-corrected chi connectivity index (χ2v) is 5.34. The summed E-state index contributed by atoms with van der Waals surface area (Å²) in [6.07, 6.45) is 2.78. The zero-order valence-corrected chi connectivity index (χ0v) is 13.6. The molecule has 0 amide bonds. The van der Waals surface area contributed by atoms with E-state index in [4.69, 9.17) is 4.74 Å². The van der Waals surface area contributed by atoms with E-state index in [0.717, 1.165) is 5.75 Å². The van der Waals surface area contributed by atoms with Gasteiger partial charge in [0.1, 0.15) is 11.6 Å². The molecule has 2 aromatic rings. The highest BCUT2D eigenvalue weighted by Crippen LogP contribution is 2.19. The van der Waals surface area contributed by atoms with Crippen LogP contribution in [0.4, 0.5) is 10.1 Å². The second kappa shape index (κ2) is 7.75. The molecule has 3 nitrogen and oxygen atoms in total. The molecule has 0 fully saturated rings. The maximum absolute atomic E-state index is 13.6. The smallest absolute Gasteiger partial charge is 0.187 e. The van der Waals surface area contributed by atoms with E-state index in [9.17, 15) is 9.18 Å². The van der Waals surface area contributed by atoms with Gasteiger partial charge in [-0.3, -0.25) is 4.79 Å². The van der Waals surface area contributed by atoms with Gasteiger partial charge in [-0.25, -0.2) is 4.39 Å². The molecule has 114 valence electrons. The number of benzene rings is 2. The fourth-order valence-corrected chi connectivity index (χ4v) is 2.13. The summed E-state index contributed by atoms with van der Waals surface area (Å²) in [7, 11) is 0. The Morgan fingerprint density at radius 2 is 2.00 bits per heavy atom. The average molecular weight is 364 g/mol. The van der Waals surface area contributed by atoms with Gasteiger partial charge < -0.3 is 10.1 Å². The number of anilines is 1. The molecule has 5 heteroatoms. The van der Waals surface area contributed by atoms with Crippen molar-refractivity contribution >= 4 is 27.4 Å². The molecule has 0 aliphatic rings. The summed E-state index contributed by atoms with van der Waals surface area (Å²) in [6, 6.07) is 11.5. The van der Waals surface area contributed by atoms with Crippen molar-refractivity contribution in [3.8, 4) is 5.75 Å². The lowest BCUT2D eigenvalue weighted by molar-refractivity contribution is 0.104. The Morgan fingerprint density at radius 1 is 1.27 bits per heavy atom. The van der Waals surface area contributed by atoms with Gasteiger partial charge in [0.15, 0.2) is 5.78 Å². The lowest BCUT2D eigenvalue weighted by Gasteiger charge is -2.04. The number of carbonyl (C=O) groups is 1. The van der Waals surface area contributed by atoms with Crippen molar-refractivity contribution in [1.29, 1.82) is 0 Å². The molecule has 1 N–H and O–H groups in total. The Labute approximate surface area is 136 Å². The van der Waals surface area contributed by atoms with Gasteiger partial charge in [0, 0.05) is 22.3 Å². The van der Waals surface area contributed by atoms with Gasteiger partial charge in [-0.2, -0.15) is 0 Å². The van der Waals surface area contributed by atoms with E-state index in [1.54, 1.807) is 36.4 Å². The highest BCUT2D eigenvalue weighted by atomic mass is 79.9. The third kappa shape index (κ3) is 4.43. The predicted octanol–water partition coefficient (Wildman–Crippen LogP) is 4.80. The molecule has 0 aliphatic heterocycles. The molecule has 2 aromatic carbocycles. The fraction of sp³-hybridized carbons (Fsp3) is 0.118. The standard InChI is InChI=1S/C17H15BrFNO2/c1-2-22-14-6-3-12(4-7-14)17(21)9-10-20-16-8-5-13(18)11-15(16)19/h3-11,20H,2H2,1H3/b10-9+. The number of carbonyl (C=O) groups excluding carboxylic acids is 1. The van der Waals surface area contributed by atoms with Crippen molar-refractivity contribution in [2.24, 2.45) is 0 Å². The van der Waals surface area contributed by atoms with Gasteiger partial charge in [-0.1, -0.05) is 15.9 Å². The number of nitrogens with one attached hydrogen (secondary N) is 1. The molecule has 0 atom stereocenters. The van der Waals surface area contributed by atoms with Crippen LogP contribution in [-0.2, 0) is 0 Å². The Kier molecular flexibility index (Phi) is 5.72. The number of ketones is 1. The monoisotopic (exact) mass is 363 g/mol. The highest BCUT2D eigenvalue weighted by molar-refractivity contribution is 9.10. The Bertz CT molecular complexity index is 684. The van der Waals surface area contributed by atoms with E-state index < -0.39 is 5.82 Å². The molecule has 0 unspecified atom stereocenters. The minimum atomic E-state index is -0.396. The number of rotatable bonds is 6. The van der Waals surface area contributed by atoms with Crippen LogP contribution in [0.2, 0.25) is 0 Å². The molecule has 2 rings (SSSR count). The SMILES string of the molecule is CCOc1ccc(C(=O)/C=C/Nc2ccc(Br)cc2F)cc1.